The number of aliphatic hydroxyl groups excluding tert-OH is 1. The van der Waals surface area contributed by atoms with E-state index < -0.39 is 24.1 Å². The monoisotopic (exact) mass is 232 g/mol. The van der Waals surface area contributed by atoms with Crippen molar-refractivity contribution in [2.45, 2.75) is 37.9 Å². The first kappa shape index (κ1) is 11.5. The summed E-state index contributed by atoms with van der Waals surface area (Å²) >= 11 is 0.899. The maximum Gasteiger partial charge on any atom is 0.209 e. The second kappa shape index (κ2) is 5.36. The van der Waals surface area contributed by atoms with Crippen LogP contribution in [0.2, 0.25) is 0 Å². The number of ether oxygens (including phenoxy) is 2. The zero-order valence-electron chi connectivity index (χ0n) is 9.75. The van der Waals surface area contributed by atoms with Crippen LogP contribution >= 0.6 is 11.9 Å². The van der Waals surface area contributed by atoms with E-state index in [9.17, 15) is 5.11 Å². The van der Waals surface area contributed by atoms with Crippen LogP contribution in [0.1, 0.15) is 13.8 Å². The Hall–Kier alpha value is -0.00506. The van der Waals surface area contributed by atoms with Gasteiger partial charge in [-0.3, -0.25) is 0 Å². The first-order valence-electron chi connectivity index (χ1n) is 5.15. The summed E-state index contributed by atoms with van der Waals surface area (Å²) in [6, 6.07) is 0. The highest BCUT2D eigenvalue weighted by atomic mass is 32.2. The van der Waals surface area contributed by atoms with E-state index in [0.717, 1.165) is 25.1 Å². The summed E-state index contributed by atoms with van der Waals surface area (Å²) in [7, 11) is 1.07. The van der Waals surface area contributed by atoms with E-state index in [1.54, 1.807) is 13.8 Å². The van der Waals surface area contributed by atoms with Crippen LogP contribution in [0.4, 0.5) is 0 Å². The third-order valence-electron chi connectivity index (χ3n) is 2.06. The molecule has 0 aliphatic carbocycles. The Morgan fingerprint density at radius 1 is 1.80 bits per heavy atom. The van der Waals surface area contributed by atoms with Crippen molar-refractivity contribution in [2.75, 3.05) is 6.61 Å². The lowest BCUT2D eigenvalue weighted by Gasteiger charge is -2.19. The average molecular weight is 232 g/mol. The van der Waals surface area contributed by atoms with Crippen molar-refractivity contribution >= 4 is 19.0 Å². The predicted molar refractivity (Wildman–Crippen MR) is 59.4 cm³/mol. The molecule has 0 aromatic carbocycles. The van der Waals surface area contributed by atoms with Crippen molar-refractivity contribution in [1.29, 1.82) is 1.34 Å². The third-order valence-corrected chi connectivity index (χ3v) is 2.33. The van der Waals surface area contributed by atoms with Gasteiger partial charge in [-0.1, -0.05) is 24.5 Å². The Morgan fingerprint density at radius 2 is 2.53 bits per heavy atom. The van der Waals surface area contributed by atoms with Crippen LogP contribution in [-0.2, 0) is 13.7 Å². The maximum absolute atomic E-state index is 9.62. The van der Waals surface area contributed by atoms with Gasteiger partial charge in [-0.25, -0.2) is 0 Å². The summed E-state index contributed by atoms with van der Waals surface area (Å²) in [4.78, 5) is 0. The molecule has 84 valence electrons. The van der Waals surface area contributed by atoms with Gasteiger partial charge in [0, 0.05) is 0 Å². The van der Waals surface area contributed by atoms with Gasteiger partial charge in [0.25, 0.3) is 0 Å². The van der Waals surface area contributed by atoms with Crippen molar-refractivity contribution in [1.82, 2.24) is 0 Å². The van der Waals surface area contributed by atoms with Gasteiger partial charge in [-0.2, -0.15) is 0 Å². The highest BCUT2D eigenvalue weighted by molar-refractivity contribution is 8.15. The molecule has 1 rings (SSSR count). The zero-order valence-corrected chi connectivity index (χ0v) is 9.57. The molecule has 6 heteroatoms. The van der Waals surface area contributed by atoms with E-state index >= 15 is 0 Å². The average Bonchev–Trinajstić information content (AvgIpc) is 2.53. The van der Waals surface area contributed by atoms with E-state index in [1.807, 2.05) is 0 Å². The number of rotatable bonds is 6. The lowest BCUT2D eigenvalue weighted by Crippen LogP contribution is -2.36. The van der Waals surface area contributed by atoms with E-state index in [0.29, 0.717) is 0 Å². The molecule has 0 unspecified atom stereocenters. The quantitative estimate of drug-likeness (QED) is 0.406. The SMILES string of the molecule is [3H][B]SOC[C@H]1OC(C)(C)O[C@H]1[C@@H](O)C=[CH]. The van der Waals surface area contributed by atoms with Crippen LogP contribution in [0.15, 0.2) is 6.08 Å². The van der Waals surface area contributed by atoms with Crippen molar-refractivity contribution in [3.05, 3.63) is 12.7 Å². The van der Waals surface area contributed by atoms with E-state index in [4.69, 9.17) is 21.6 Å². The standard InChI is InChI=1S/C9H15BO4S/c1-4-6(11)8-7(5-12-15-10)13-9(2,3)14-8/h1,4,6-8,10-11H,5H2,2-3H3/t6-,7+,8-/m0/s1/i10T. The minimum Gasteiger partial charge on any atom is -0.386 e. The molecule has 1 aliphatic rings. The zero-order chi connectivity index (χ0) is 12.2. The summed E-state index contributed by atoms with van der Waals surface area (Å²) in [6.07, 6.45) is -0.699. The lowest BCUT2D eigenvalue weighted by atomic mass is 10.1. The molecule has 0 saturated carbocycles. The van der Waals surface area contributed by atoms with Gasteiger partial charge in [0.2, 0.25) is 7.09 Å². The minimum absolute atomic E-state index is 0.221. The molecule has 0 spiro atoms. The summed E-state index contributed by atoms with van der Waals surface area (Å²) in [6.45, 7) is 9.00. The van der Waals surface area contributed by atoms with E-state index in [-0.39, 0.29) is 6.61 Å². The molecular weight excluding hydrogens is 215 g/mol. The van der Waals surface area contributed by atoms with Gasteiger partial charge in [0.15, 0.2) is 5.79 Å². The molecule has 0 amide bonds. The van der Waals surface area contributed by atoms with Gasteiger partial charge in [-0.15, -0.1) is 0 Å². The molecule has 4 nitrogen and oxygen atoms in total. The molecule has 15 heavy (non-hydrogen) atoms. The molecular formula is C9H15BO4S. The Morgan fingerprint density at radius 3 is 3.13 bits per heavy atom. The van der Waals surface area contributed by atoms with Crippen LogP contribution in [-0.4, -0.2) is 44.2 Å². The molecule has 1 N–H and O–H groups in total. The Balaban J connectivity index is 2.54. The van der Waals surface area contributed by atoms with Gasteiger partial charge in [0.1, 0.15) is 18.3 Å². The van der Waals surface area contributed by atoms with Gasteiger partial charge in [-0.05, 0) is 15.2 Å². The van der Waals surface area contributed by atoms with Gasteiger partial charge >= 0.3 is 0 Å². The summed E-state index contributed by atoms with van der Waals surface area (Å²) in [5.74, 6) is -0.766. The number of hydrogen-bond donors (Lipinski definition) is 1. The molecule has 0 aromatic heterocycles. The largest absolute Gasteiger partial charge is 0.386 e. The molecule has 2 radical (unpaired) electrons. The molecule has 3 atom stereocenters. The summed E-state index contributed by atoms with van der Waals surface area (Å²) in [5, 5.41) is 9.62. The highest BCUT2D eigenvalue weighted by Gasteiger charge is 2.44. The highest BCUT2D eigenvalue weighted by Crippen LogP contribution is 2.30. The van der Waals surface area contributed by atoms with Crippen molar-refractivity contribution in [2.24, 2.45) is 0 Å². The first-order valence-corrected chi connectivity index (χ1v) is 5.38. The van der Waals surface area contributed by atoms with E-state index in [1.165, 1.54) is 0 Å². The second-order valence-electron chi connectivity index (χ2n) is 3.70. The summed E-state index contributed by atoms with van der Waals surface area (Å²) < 4.78 is 23.0. The molecule has 1 fully saturated rings. The molecule has 1 aliphatic heterocycles. The molecule has 0 bridgehead atoms. The molecule has 1 heterocycles. The number of hydrogen-bond acceptors (Lipinski definition) is 5. The fourth-order valence-electron chi connectivity index (χ4n) is 1.50. The fourth-order valence-corrected chi connectivity index (χ4v) is 1.71. The Labute approximate surface area is 96.8 Å². The number of aliphatic hydroxyl groups is 1. The van der Waals surface area contributed by atoms with Crippen molar-refractivity contribution in [3.63, 3.8) is 0 Å². The second-order valence-corrected chi connectivity index (χ2v) is 4.13. The maximum atomic E-state index is 9.62. The molecule has 0 aromatic rings. The smallest absolute Gasteiger partial charge is 0.209 e. The minimum atomic E-state index is -0.902. The Kier molecular flexibility index (Phi) is 4.10. The summed E-state index contributed by atoms with van der Waals surface area (Å²) in [5.41, 5.74) is 0. The van der Waals surface area contributed by atoms with Gasteiger partial charge in [0.05, 0.1) is 6.61 Å². The lowest BCUT2D eigenvalue weighted by molar-refractivity contribution is -0.153. The van der Waals surface area contributed by atoms with Crippen molar-refractivity contribution in [3.8, 4) is 0 Å². The normalized spacial score (nSPS) is 32.1. The van der Waals surface area contributed by atoms with Crippen LogP contribution in [0.5, 0.6) is 0 Å². The van der Waals surface area contributed by atoms with Gasteiger partial charge < -0.3 is 18.8 Å². The Bertz CT molecular complexity index is 242. The fraction of sp³-hybridized carbons (Fsp3) is 0.778. The predicted octanol–water partition coefficient (Wildman–Crippen LogP) is 0.337. The topological polar surface area (TPSA) is 47.9 Å². The van der Waals surface area contributed by atoms with Crippen LogP contribution in [0.25, 0.3) is 0 Å². The molecule has 1 saturated heterocycles. The first-order chi connectivity index (χ1) is 7.50. The van der Waals surface area contributed by atoms with Crippen LogP contribution in [0.3, 0.4) is 0 Å². The van der Waals surface area contributed by atoms with Crippen molar-refractivity contribution < 1.29 is 18.8 Å². The van der Waals surface area contributed by atoms with E-state index in [2.05, 4.69) is 0 Å². The van der Waals surface area contributed by atoms with Crippen LogP contribution in [0, 0.1) is 6.58 Å². The van der Waals surface area contributed by atoms with Crippen LogP contribution < -0.4 is 0 Å². The third kappa shape index (κ3) is 3.50.